The van der Waals surface area contributed by atoms with E-state index in [4.69, 9.17) is 9.26 Å². The molecule has 0 aliphatic carbocycles. The fourth-order valence-corrected chi connectivity index (χ4v) is 2.64. The van der Waals surface area contributed by atoms with Crippen molar-refractivity contribution in [1.82, 2.24) is 15.0 Å². The number of aromatic nitrogens is 2. The van der Waals surface area contributed by atoms with Crippen molar-refractivity contribution in [3.8, 4) is 11.4 Å². The van der Waals surface area contributed by atoms with Crippen LogP contribution in [0.3, 0.4) is 0 Å². The first kappa shape index (κ1) is 16.4. The van der Waals surface area contributed by atoms with Gasteiger partial charge in [-0.15, -0.1) is 0 Å². The second-order valence-electron chi connectivity index (χ2n) is 6.23. The molecule has 128 valence electrons. The largest absolute Gasteiger partial charge is 0.363 e. The lowest BCUT2D eigenvalue weighted by atomic mass is 10.1. The van der Waals surface area contributed by atoms with Crippen LogP contribution in [-0.4, -0.2) is 53.8 Å². The van der Waals surface area contributed by atoms with E-state index in [0.29, 0.717) is 18.4 Å². The lowest BCUT2D eigenvalue weighted by Gasteiger charge is -2.17. The number of anilines is 1. The maximum Gasteiger partial charge on any atom is 0.321 e. The molecule has 1 fully saturated rings. The van der Waals surface area contributed by atoms with Crippen molar-refractivity contribution in [2.75, 3.05) is 26.0 Å². The summed E-state index contributed by atoms with van der Waals surface area (Å²) < 4.78 is 11.0. The third-order valence-corrected chi connectivity index (χ3v) is 4.04. The van der Waals surface area contributed by atoms with E-state index in [0.717, 1.165) is 18.4 Å². The Labute approximate surface area is 141 Å². The predicted octanol–water partition coefficient (Wildman–Crippen LogP) is 2.09. The number of benzene rings is 1. The lowest BCUT2D eigenvalue weighted by Crippen LogP contribution is -2.34. The minimum atomic E-state index is -0.349. The smallest absolute Gasteiger partial charge is 0.321 e. The summed E-state index contributed by atoms with van der Waals surface area (Å²) in [7, 11) is 3.48. The Kier molecular flexibility index (Phi) is 4.80. The summed E-state index contributed by atoms with van der Waals surface area (Å²) in [5.41, 5.74) is 2.09. The van der Waals surface area contributed by atoms with Crippen molar-refractivity contribution < 1.29 is 14.1 Å². The van der Waals surface area contributed by atoms with E-state index in [9.17, 15) is 4.79 Å². The Bertz CT molecular complexity index is 696. The number of nitrogens with one attached hydrogen (secondary N) is 1. The Morgan fingerprint density at radius 3 is 2.75 bits per heavy atom. The van der Waals surface area contributed by atoms with Crippen molar-refractivity contribution in [2.45, 2.75) is 32.0 Å². The Morgan fingerprint density at radius 1 is 1.29 bits per heavy atom. The van der Waals surface area contributed by atoms with Crippen LogP contribution in [0, 0.1) is 6.92 Å². The van der Waals surface area contributed by atoms with E-state index in [-0.39, 0.29) is 18.1 Å². The third kappa shape index (κ3) is 3.73. The van der Waals surface area contributed by atoms with Crippen molar-refractivity contribution in [2.24, 2.45) is 0 Å². The molecule has 0 spiro atoms. The van der Waals surface area contributed by atoms with Gasteiger partial charge in [0, 0.05) is 26.2 Å². The van der Waals surface area contributed by atoms with Gasteiger partial charge in [-0.1, -0.05) is 35.0 Å². The molecule has 1 aromatic heterocycles. The fraction of sp³-hybridized carbons (Fsp3) is 0.471. The summed E-state index contributed by atoms with van der Waals surface area (Å²) in [5.74, 6) is 0.558. The molecule has 1 amide bonds. The van der Waals surface area contributed by atoms with E-state index in [1.807, 2.05) is 31.2 Å². The Hall–Kier alpha value is -2.41. The number of hydrogen-bond donors (Lipinski definition) is 1. The minimum absolute atomic E-state index is 0.0111. The van der Waals surface area contributed by atoms with E-state index in [1.165, 1.54) is 5.56 Å². The van der Waals surface area contributed by atoms with Gasteiger partial charge >= 0.3 is 6.01 Å². The number of carbonyl (C=O) groups is 1. The zero-order valence-corrected chi connectivity index (χ0v) is 14.2. The second-order valence-corrected chi connectivity index (χ2v) is 6.23. The molecular formula is C17H22N4O3. The van der Waals surface area contributed by atoms with Crippen molar-refractivity contribution in [3.63, 3.8) is 0 Å². The molecule has 1 N–H and O–H groups in total. The van der Waals surface area contributed by atoms with Crippen LogP contribution in [0.4, 0.5) is 6.01 Å². The number of ether oxygens (including phenoxy) is 1. The van der Waals surface area contributed by atoms with Crippen molar-refractivity contribution >= 4 is 11.9 Å². The van der Waals surface area contributed by atoms with Gasteiger partial charge in [0.1, 0.15) is 6.10 Å². The van der Waals surface area contributed by atoms with Gasteiger partial charge in [-0.25, -0.2) is 0 Å². The molecule has 0 radical (unpaired) electrons. The summed E-state index contributed by atoms with van der Waals surface area (Å²) in [6.07, 6.45) is 1.18. The average molecular weight is 330 g/mol. The van der Waals surface area contributed by atoms with E-state index in [1.54, 1.807) is 19.0 Å². The molecule has 0 saturated carbocycles. The quantitative estimate of drug-likeness (QED) is 0.904. The van der Waals surface area contributed by atoms with Gasteiger partial charge in [0.2, 0.25) is 5.82 Å². The molecule has 1 aliphatic heterocycles. The summed E-state index contributed by atoms with van der Waals surface area (Å²) in [4.78, 5) is 17.8. The highest BCUT2D eigenvalue weighted by Crippen LogP contribution is 2.22. The summed E-state index contributed by atoms with van der Waals surface area (Å²) in [6.45, 7) is 2.57. The molecule has 2 aromatic rings. The molecule has 1 saturated heterocycles. The first-order valence-electron chi connectivity index (χ1n) is 8.04. The van der Waals surface area contributed by atoms with Crippen LogP contribution in [0.1, 0.15) is 18.4 Å². The first-order chi connectivity index (χ1) is 11.5. The molecule has 0 unspecified atom stereocenters. The van der Waals surface area contributed by atoms with Crippen LogP contribution in [0.2, 0.25) is 0 Å². The average Bonchev–Trinajstić information content (AvgIpc) is 3.22. The number of carbonyl (C=O) groups excluding carboxylic acids is 1. The second kappa shape index (κ2) is 7.00. The molecule has 1 aliphatic rings. The summed E-state index contributed by atoms with van der Waals surface area (Å²) >= 11 is 0. The predicted molar refractivity (Wildman–Crippen MR) is 89.5 cm³/mol. The monoisotopic (exact) mass is 330 g/mol. The molecule has 1 aromatic carbocycles. The van der Waals surface area contributed by atoms with Gasteiger partial charge in [0.05, 0.1) is 6.10 Å². The molecule has 2 heterocycles. The van der Waals surface area contributed by atoms with Crippen LogP contribution in [0.25, 0.3) is 11.4 Å². The third-order valence-electron chi connectivity index (χ3n) is 4.04. The maximum atomic E-state index is 11.9. The van der Waals surface area contributed by atoms with E-state index in [2.05, 4.69) is 15.5 Å². The van der Waals surface area contributed by atoms with Crippen molar-refractivity contribution in [3.05, 3.63) is 29.8 Å². The van der Waals surface area contributed by atoms with Gasteiger partial charge in [0.25, 0.3) is 5.91 Å². The van der Waals surface area contributed by atoms with Crippen molar-refractivity contribution in [1.29, 1.82) is 0 Å². The number of nitrogens with zero attached hydrogens (tertiary/aromatic N) is 3. The summed E-state index contributed by atoms with van der Waals surface area (Å²) in [6, 6.07) is 8.29. The number of hydrogen-bond acceptors (Lipinski definition) is 6. The van der Waals surface area contributed by atoms with E-state index >= 15 is 0 Å². The van der Waals surface area contributed by atoms with Crippen LogP contribution in [0.15, 0.2) is 28.8 Å². The number of aryl methyl sites for hydroxylation is 1. The van der Waals surface area contributed by atoms with Gasteiger partial charge in [0.15, 0.2) is 0 Å². The molecule has 7 heteroatoms. The summed E-state index contributed by atoms with van der Waals surface area (Å²) in [5, 5.41) is 7.06. The molecular weight excluding hydrogens is 308 g/mol. The molecule has 0 bridgehead atoms. The van der Waals surface area contributed by atoms with Crippen LogP contribution >= 0.6 is 0 Å². The van der Waals surface area contributed by atoms with Gasteiger partial charge in [-0.3, -0.25) is 4.79 Å². The molecule has 2 atom stereocenters. The minimum Gasteiger partial charge on any atom is -0.363 e. The molecule has 7 nitrogen and oxygen atoms in total. The zero-order chi connectivity index (χ0) is 17.1. The molecule has 3 rings (SSSR count). The van der Waals surface area contributed by atoms with Crippen LogP contribution in [0.5, 0.6) is 0 Å². The van der Waals surface area contributed by atoms with E-state index < -0.39 is 0 Å². The standard InChI is InChI=1S/C17H22N4O3/c1-11-4-6-12(7-5-11)15-19-17(24-20-15)18-10-13-8-9-14(23-13)16(22)21(2)3/h4-7,13-14H,8-10H2,1-3H3,(H,18,19,20)/t13-,14-/m1/s1. The zero-order valence-electron chi connectivity index (χ0n) is 14.2. The topological polar surface area (TPSA) is 80.5 Å². The Balaban J connectivity index is 1.53. The SMILES string of the molecule is Cc1ccc(-c2noc(NC[C@H]3CC[C@H](C(=O)N(C)C)O3)n2)cc1. The number of likely N-dealkylation sites (N-methyl/N-ethyl adjacent to an activating group) is 1. The Morgan fingerprint density at radius 2 is 2.04 bits per heavy atom. The van der Waals surface area contributed by atoms with Crippen LogP contribution < -0.4 is 5.32 Å². The van der Waals surface area contributed by atoms with Gasteiger partial charge in [-0.2, -0.15) is 4.98 Å². The highest BCUT2D eigenvalue weighted by Gasteiger charge is 2.31. The highest BCUT2D eigenvalue weighted by atomic mass is 16.5. The highest BCUT2D eigenvalue weighted by molar-refractivity contribution is 5.80. The first-order valence-corrected chi connectivity index (χ1v) is 8.04. The van der Waals surface area contributed by atoms with Gasteiger partial charge in [-0.05, 0) is 19.8 Å². The number of rotatable bonds is 5. The van der Waals surface area contributed by atoms with Crippen LogP contribution in [-0.2, 0) is 9.53 Å². The fourth-order valence-electron chi connectivity index (χ4n) is 2.64. The van der Waals surface area contributed by atoms with Gasteiger partial charge < -0.3 is 19.5 Å². The number of amides is 1. The normalized spacial score (nSPS) is 20.1. The maximum absolute atomic E-state index is 11.9. The molecule has 24 heavy (non-hydrogen) atoms. The lowest BCUT2D eigenvalue weighted by molar-refractivity contribution is -0.140.